The zero-order valence-electron chi connectivity index (χ0n) is 14.6. The molecule has 3 rings (SSSR count). The normalized spacial score (nSPS) is 16.4. The molecule has 1 saturated heterocycles. The van der Waals surface area contributed by atoms with Gasteiger partial charge in [-0.25, -0.2) is 0 Å². The van der Waals surface area contributed by atoms with Crippen molar-refractivity contribution in [2.75, 3.05) is 13.1 Å². The lowest BCUT2D eigenvalue weighted by molar-refractivity contribution is -0.141. The highest BCUT2D eigenvalue weighted by Crippen LogP contribution is 2.23. The van der Waals surface area contributed by atoms with Gasteiger partial charge in [0.05, 0.1) is 23.7 Å². The number of rotatable bonds is 4. The van der Waals surface area contributed by atoms with Crippen molar-refractivity contribution in [3.63, 3.8) is 0 Å². The lowest BCUT2D eigenvalue weighted by Crippen LogP contribution is -2.30. The Morgan fingerprint density at radius 1 is 1.31 bits per heavy atom. The van der Waals surface area contributed by atoms with E-state index in [0.717, 1.165) is 11.3 Å². The number of nitrogens with zero attached hydrogens (tertiary/aromatic N) is 3. The first-order valence-electron chi connectivity index (χ1n) is 8.18. The minimum atomic E-state index is -0.849. The fraction of sp³-hybridized carbons (Fsp3) is 0.389. The smallest absolute Gasteiger partial charge is 0.308 e. The van der Waals surface area contributed by atoms with Gasteiger partial charge in [0.2, 0.25) is 0 Å². The summed E-state index contributed by atoms with van der Waals surface area (Å²) in [4.78, 5) is 25.6. The van der Waals surface area contributed by atoms with Gasteiger partial charge in [-0.1, -0.05) is 29.8 Å². The lowest BCUT2D eigenvalue weighted by Gasteiger charge is -2.16. The van der Waals surface area contributed by atoms with Crippen LogP contribution in [0.5, 0.6) is 0 Å². The van der Waals surface area contributed by atoms with Crippen LogP contribution in [0.1, 0.15) is 33.7 Å². The number of amides is 1. The van der Waals surface area contributed by atoms with Crippen LogP contribution in [0.15, 0.2) is 24.3 Å². The topological polar surface area (TPSA) is 75.4 Å². The van der Waals surface area contributed by atoms with E-state index >= 15 is 0 Å². The van der Waals surface area contributed by atoms with Crippen molar-refractivity contribution in [3.8, 4) is 0 Å². The molecule has 26 heavy (non-hydrogen) atoms. The minimum absolute atomic E-state index is 0. The maximum Gasteiger partial charge on any atom is 0.308 e. The Bertz CT molecular complexity index is 835. The zero-order valence-corrected chi connectivity index (χ0v) is 16.2. The van der Waals surface area contributed by atoms with Crippen LogP contribution in [-0.2, 0) is 11.3 Å². The fourth-order valence-electron chi connectivity index (χ4n) is 3.25. The van der Waals surface area contributed by atoms with Gasteiger partial charge in [-0.2, -0.15) is 5.10 Å². The summed E-state index contributed by atoms with van der Waals surface area (Å²) in [5, 5.41) is 14.3. The van der Waals surface area contributed by atoms with Gasteiger partial charge in [0.1, 0.15) is 0 Å². The van der Waals surface area contributed by atoms with Crippen molar-refractivity contribution >= 4 is 35.9 Å². The first kappa shape index (κ1) is 20.3. The number of hydrogen-bond donors (Lipinski definition) is 1. The Balaban J connectivity index is 0.00000243. The van der Waals surface area contributed by atoms with Gasteiger partial charge >= 0.3 is 5.97 Å². The number of carbonyl (C=O) groups excluding carboxylic acids is 1. The molecule has 0 bridgehead atoms. The Morgan fingerprint density at radius 2 is 2.00 bits per heavy atom. The van der Waals surface area contributed by atoms with E-state index in [1.165, 1.54) is 0 Å². The summed E-state index contributed by atoms with van der Waals surface area (Å²) in [5.41, 5.74) is 2.90. The third kappa shape index (κ3) is 3.86. The highest BCUT2D eigenvalue weighted by Gasteiger charge is 2.33. The summed E-state index contributed by atoms with van der Waals surface area (Å²) < 4.78 is 1.77. The first-order chi connectivity index (χ1) is 11.9. The first-order valence-corrected chi connectivity index (χ1v) is 8.55. The molecule has 1 amide bonds. The summed E-state index contributed by atoms with van der Waals surface area (Å²) in [6.45, 7) is 4.85. The largest absolute Gasteiger partial charge is 0.481 e. The number of carboxylic acid groups (broad SMARTS) is 1. The number of aliphatic carboxylic acids is 1. The predicted molar refractivity (Wildman–Crippen MR) is 101 cm³/mol. The molecule has 0 radical (unpaired) electrons. The molecule has 0 spiro atoms. The van der Waals surface area contributed by atoms with Crippen LogP contribution < -0.4 is 0 Å². The molecule has 2 aromatic rings. The van der Waals surface area contributed by atoms with Crippen LogP contribution in [0.25, 0.3) is 0 Å². The Hall–Kier alpha value is -2.05. The molecule has 1 atom stereocenters. The molecule has 6 nitrogen and oxygen atoms in total. The summed E-state index contributed by atoms with van der Waals surface area (Å²) >= 11 is 6.21. The van der Waals surface area contributed by atoms with Crippen LogP contribution >= 0.6 is 24.0 Å². The minimum Gasteiger partial charge on any atom is -0.481 e. The summed E-state index contributed by atoms with van der Waals surface area (Å²) in [6, 6.07) is 7.53. The van der Waals surface area contributed by atoms with Gasteiger partial charge in [0, 0.05) is 23.8 Å². The van der Waals surface area contributed by atoms with Crippen LogP contribution in [0.4, 0.5) is 0 Å². The summed E-state index contributed by atoms with van der Waals surface area (Å²) in [6.07, 6.45) is 0.493. The van der Waals surface area contributed by atoms with Gasteiger partial charge < -0.3 is 10.0 Å². The molecule has 0 aliphatic carbocycles. The van der Waals surface area contributed by atoms with E-state index < -0.39 is 11.9 Å². The van der Waals surface area contributed by atoms with Gasteiger partial charge in [-0.15, -0.1) is 12.4 Å². The number of benzene rings is 1. The quantitative estimate of drug-likeness (QED) is 0.859. The second-order valence-corrected chi connectivity index (χ2v) is 6.78. The highest BCUT2D eigenvalue weighted by atomic mass is 35.5. The second-order valence-electron chi connectivity index (χ2n) is 6.37. The molecule has 1 aromatic carbocycles. The number of aromatic nitrogens is 2. The molecule has 140 valence electrons. The van der Waals surface area contributed by atoms with E-state index in [1.54, 1.807) is 16.5 Å². The van der Waals surface area contributed by atoms with Crippen LogP contribution in [0.2, 0.25) is 5.02 Å². The number of carbonyl (C=O) groups is 2. The molecule has 1 N–H and O–H groups in total. The van der Waals surface area contributed by atoms with Crippen molar-refractivity contribution in [1.82, 2.24) is 14.7 Å². The maximum absolute atomic E-state index is 12.8. The van der Waals surface area contributed by atoms with Crippen LogP contribution in [0.3, 0.4) is 0 Å². The van der Waals surface area contributed by atoms with Crippen molar-refractivity contribution in [2.45, 2.75) is 26.8 Å². The Labute approximate surface area is 163 Å². The van der Waals surface area contributed by atoms with Crippen molar-refractivity contribution in [2.24, 2.45) is 5.92 Å². The van der Waals surface area contributed by atoms with Gasteiger partial charge in [-0.3, -0.25) is 14.3 Å². The van der Waals surface area contributed by atoms with Crippen molar-refractivity contribution < 1.29 is 14.7 Å². The van der Waals surface area contributed by atoms with E-state index in [2.05, 4.69) is 5.10 Å². The molecular formula is C18H21Cl2N3O3. The molecule has 8 heteroatoms. The SMILES string of the molecule is Cc1nn(Cc2ccccc2Cl)c(C)c1C(=O)N1CCC(C(=O)O)C1.Cl. The summed E-state index contributed by atoms with van der Waals surface area (Å²) in [5.74, 6) is -1.48. The van der Waals surface area contributed by atoms with E-state index in [9.17, 15) is 9.59 Å². The van der Waals surface area contributed by atoms with Gasteiger partial charge in [0.15, 0.2) is 0 Å². The van der Waals surface area contributed by atoms with Crippen molar-refractivity contribution in [1.29, 1.82) is 0 Å². The molecule has 1 aliphatic rings. The standard InChI is InChI=1S/C18H20ClN3O3.ClH/c1-11-16(17(23)21-8-7-14(9-21)18(24)25)12(2)22(20-11)10-13-5-3-4-6-15(13)19;/h3-6,14H,7-10H2,1-2H3,(H,24,25);1H. The third-order valence-electron chi connectivity index (χ3n) is 4.70. The van der Waals surface area contributed by atoms with Crippen molar-refractivity contribution in [3.05, 3.63) is 51.8 Å². The Kier molecular flexibility index (Phi) is 6.31. The average Bonchev–Trinajstić information content (AvgIpc) is 3.15. The van der Waals surface area contributed by atoms with E-state index in [4.69, 9.17) is 16.7 Å². The van der Waals surface area contributed by atoms with E-state index in [-0.39, 0.29) is 24.9 Å². The monoisotopic (exact) mass is 397 g/mol. The summed E-state index contributed by atoms with van der Waals surface area (Å²) in [7, 11) is 0. The molecule has 1 unspecified atom stereocenters. The highest BCUT2D eigenvalue weighted by molar-refractivity contribution is 6.31. The predicted octanol–water partition coefficient (Wildman–Crippen LogP) is 3.17. The molecule has 2 heterocycles. The molecule has 1 fully saturated rings. The molecular weight excluding hydrogens is 377 g/mol. The number of likely N-dealkylation sites (tertiary alicyclic amines) is 1. The maximum atomic E-state index is 12.8. The molecule has 0 saturated carbocycles. The number of carboxylic acids is 1. The van der Waals surface area contributed by atoms with Gasteiger partial charge in [-0.05, 0) is 31.9 Å². The van der Waals surface area contributed by atoms with Crippen LogP contribution in [-0.4, -0.2) is 44.8 Å². The Morgan fingerprint density at radius 3 is 2.62 bits per heavy atom. The van der Waals surface area contributed by atoms with E-state index in [1.807, 2.05) is 31.2 Å². The number of halogens is 2. The zero-order chi connectivity index (χ0) is 18.1. The fourth-order valence-corrected chi connectivity index (χ4v) is 3.45. The van der Waals surface area contributed by atoms with E-state index in [0.29, 0.717) is 35.8 Å². The van der Waals surface area contributed by atoms with Crippen LogP contribution in [0, 0.1) is 19.8 Å². The average molecular weight is 398 g/mol. The molecule has 1 aliphatic heterocycles. The number of aryl methyl sites for hydroxylation is 1. The van der Waals surface area contributed by atoms with Gasteiger partial charge in [0.25, 0.3) is 5.91 Å². The molecule has 1 aromatic heterocycles. The number of hydrogen-bond acceptors (Lipinski definition) is 3. The lowest BCUT2D eigenvalue weighted by atomic mass is 10.1. The third-order valence-corrected chi connectivity index (χ3v) is 5.07. The second kappa shape index (κ2) is 8.10.